The van der Waals surface area contributed by atoms with Gasteiger partial charge in [0.2, 0.25) is 0 Å². The van der Waals surface area contributed by atoms with Crippen LogP contribution in [0.1, 0.15) is 66.2 Å². The highest BCUT2D eigenvalue weighted by molar-refractivity contribution is 6.01. The highest BCUT2D eigenvalue weighted by atomic mass is 16.7. The average Bonchev–Trinajstić information content (AvgIpc) is 3.15. The van der Waals surface area contributed by atoms with Crippen molar-refractivity contribution in [2.75, 3.05) is 0 Å². The van der Waals surface area contributed by atoms with Crippen molar-refractivity contribution in [3.05, 3.63) is 23.8 Å². The maximum atomic E-state index is 13.1. The van der Waals surface area contributed by atoms with Crippen LogP contribution in [0.25, 0.3) is 0 Å². The van der Waals surface area contributed by atoms with Crippen molar-refractivity contribution in [1.82, 2.24) is 0 Å². The van der Waals surface area contributed by atoms with E-state index in [9.17, 15) is 14.7 Å². The zero-order valence-corrected chi connectivity index (χ0v) is 18.5. The van der Waals surface area contributed by atoms with Crippen molar-refractivity contribution in [1.29, 1.82) is 0 Å². The molecule has 0 amide bonds. The molecule has 30 heavy (non-hydrogen) atoms. The average molecular weight is 415 g/mol. The van der Waals surface area contributed by atoms with Crippen LogP contribution in [0.2, 0.25) is 0 Å². The summed E-state index contributed by atoms with van der Waals surface area (Å²) in [5, 5.41) is 11.5. The molecular formula is C25H34O5. The van der Waals surface area contributed by atoms with Gasteiger partial charge < -0.3 is 14.6 Å². The van der Waals surface area contributed by atoms with Crippen molar-refractivity contribution in [3.63, 3.8) is 0 Å². The molecule has 5 rings (SSSR count). The Kier molecular flexibility index (Phi) is 4.53. The Morgan fingerprint density at radius 2 is 2.10 bits per heavy atom. The number of allylic oxidation sites excluding steroid dienone is 4. The molecule has 1 saturated heterocycles. The minimum Gasteiger partial charge on any atom is -0.393 e. The summed E-state index contributed by atoms with van der Waals surface area (Å²) in [6.45, 7) is 8.06. The SMILES string of the molecule is CCCC1O[C@@H]2CC3C4CCC5=CC(=O)C=C[C@]5(C)C4C(O)C[C@]3(C)[C@]2(C(C)=O)O1. The van der Waals surface area contributed by atoms with Crippen LogP contribution in [-0.4, -0.2) is 40.8 Å². The fourth-order valence-corrected chi connectivity index (χ4v) is 8.15. The highest BCUT2D eigenvalue weighted by Crippen LogP contribution is 2.69. The van der Waals surface area contributed by atoms with Crippen molar-refractivity contribution in [3.8, 4) is 0 Å². The number of rotatable bonds is 3. The zero-order valence-electron chi connectivity index (χ0n) is 18.5. The molecule has 4 fully saturated rings. The van der Waals surface area contributed by atoms with E-state index in [0.717, 1.165) is 37.7 Å². The number of carbonyl (C=O) groups excluding carboxylic acids is 2. The van der Waals surface area contributed by atoms with Gasteiger partial charge in [-0.25, -0.2) is 0 Å². The summed E-state index contributed by atoms with van der Waals surface area (Å²) in [5.74, 6) is 0.664. The van der Waals surface area contributed by atoms with Crippen molar-refractivity contribution in [2.45, 2.75) is 90.3 Å². The summed E-state index contributed by atoms with van der Waals surface area (Å²) in [6, 6.07) is 0. The van der Waals surface area contributed by atoms with Gasteiger partial charge in [-0.1, -0.05) is 38.8 Å². The fourth-order valence-electron chi connectivity index (χ4n) is 8.15. The lowest BCUT2D eigenvalue weighted by molar-refractivity contribution is -0.198. The maximum Gasteiger partial charge on any atom is 0.178 e. The lowest BCUT2D eigenvalue weighted by atomic mass is 9.46. The quantitative estimate of drug-likeness (QED) is 0.762. The Labute approximate surface area is 178 Å². The van der Waals surface area contributed by atoms with Gasteiger partial charge in [-0.3, -0.25) is 9.59 Å². The van der Waals surface area contributed by atoms with Gasteiger partial charge in [0.1, 0.15) is 0 Å². The third kappa shape index (κ3) is 2.40. The van der Waals surface area contributed by atoms with E-state index in [2.05, 4.69) is 20.8 Å². The van der Waals surface area contributed by atoms with Crippen molar-refractivity contribution < 1.29 is 24.2 Å². The van der Waals surface area contributed by atoms with Crippen molar-refractivity contribution in [2.24, 2.45) is 28.6 Å². The van der Waals surface area contributed by atoms with Crippen LogP contribution in [0.5, 0.6) is 0 Å². The van der Waals surface area contributed by atoms with Gasteiger partial charge in [0, 0.05) is 16.7 Å². The van der Waals surface area contributed by atoms with Gasteiger partial charge in [-0.15, -0.1) is 0 Å². The number of aliphatic hydroxyl groups excluding tert-OH is 1. The van der Waals surface area contributed by atoms with E-state index in [1.807, 2.05) is 6.08 Å². The Bertz CT molecular complexity index is 844. The minimum absolute atomic E-state index is 0.0347. The molecule has 1 N–H and O–H groups in total. The molecule has 0 aromatic rings. The number of ether oxygens (including phenoxy) is 2. The summed E-state index contributed by atoms with van der Waals surface area (Å²) < 4.78 is 12.8. The normalized spacial score (nSPS) is 51.6. The molecule has 5 aliphatic rings. The Hall–Kier alpha value is -1.30. The van der Waals surface area contributed by atoms with Crippen molar-refractivity contribution >= 4 is 11.6 Å². The van der Waals surface area contributed by atoms with Gasteiger partial charge >= 0.3 is 0 Å². The van der Waals surface area contributed by atoms with Crippen LogP contribution in [0, 0.1) is 28.6 Å². The second-order valence-electron chi connectivity index (χ2n) is 10.7. The second-order valence-corrected chi connectivity index (χ2v) is 10.7. The first-order valence-corrected chi connectivity index (χ1v) is 11.6. The number of ketones is 2. The number of hydrogen-bond acceptors (Lipinski definition) is 5. The lowest BCUT2D eigenvalue weighted by Gasteiger charge is -2.59. The molecule has 0 aromatic carbocycles. The number of aliphatic hydroxyl groups is 1. The number of Topliss-reactive ketones (excluding diaryl/α,β-unsaturated/α-hetero) is 1. The van der Waals surface area contributed by atoms with Crippen LogP contribution in [-0.2, 0) is 19.1 Å². The Morgan fingerprint density at radius 1 is 1.33 bits per heavy atom. The number of carbonyl (C=O) groups is 2. The molecule has 164 valence electrons. The first-order valence-electron chi connectivity index (χ1n) is 11.6. The molecule has 0 aromatic heterocycles. The monoisotopic (exact) mass is 414 g/mol. The van der Waals surface area contributed by atoms with Crippen LogP contribution in [0.15, 0.2) is 23.8 Å². The van der Waals surface area contributed by atoms with Crippen LogP contribution in [0.4, 0.5) is 0 Å². The summed E-state index contributed by atoms with van der Waals surface area (Å²) in [5.41, 5.74) is -0.559. The molecule has 0 radical (unpaired) electrons. The summed E-state index contributed by atoms with van der Waals surface area (Å²) >= 11 is 0. The molecule has 5 unspecified atom stereocenters. The van der Waals surface area contributed by atoms with E-state index in [-0.39, 0.29) is 47.1 Å². The first-order chi connectivity index (χ1) is 14.2. The van der Waals surface area contributed by atoms with Gasteiger partial charge in [-0.05, 0) is 63.0 Å². The van der Waals surface area contributed by atoms with Crippen LogP contribution in [0.3, 0.4) is 0 Å². The summed E-state index contributed by atoms with van der Waals surface area (Å²) in [6.07, 6.45) is 9.21. The third-order valence-electron chi connectivity index (χ3n) is 9.34. The second kappa shape index (κ2) is 6.60. The molecule has 0 bridgehead atoms. The van der Waals surface area contributed by atoms with E-state index >= 15 is 0 Å². The lowest BCUT2D eigenvalue weighted by Crippen LogP contribution is -2.62. The first kappa shape index (κ1) is 20.6. The molecule has 0 spiro atoms. The largest absolute Gasteiger partial charge is 0.393 e. The molecule has 9 atom stereocenters. The Morgan fingerprint density at radius 3 is 2.80 bits per heavy atom. The standard InChI is InChI=1S/C25H34O5/c1-5-6-21-29-20-12-18-17-8-7-15-11-16(27)9-10-23(15,3)22(17)19(28)13-24(18,4)25(20,30-21)14(2)26/h9-11,17-22,28H,5-8,12-13H2,1-4H3/t17?,18?,19?,20-,21?,22?,23+,24+,25-/m1/s1. The van der Waals surface area contributed by atoms with E-state index in [1.54, 1.807) is 19.1 Å². The summed E-state index contributed by atoms with van der Waals surface area (Å²) in [7, 11) is 0. The van der Waals surface area contributed by atoms with Gasteiger partial charge in [0.05, 0.1) is 12.2 Å². The van der Waals surface area contributed by atoms with Gasteiger partial charge in [0.25, 0.3) is 0 Å². The minimum atomic E-state index is -0.959. The topological polar surface area (TPSA) is 72.8 Å². The molecule has 3 saturated carbocycles. The zero-order chi connectivity index (χ0) is 21.5. The van der Waals surface area contributed by atoms with E-state index in [0.29, 0.717) is 6.42 Å². The van der Waals surface area contributed by atoms with Gasteiger partial charge in [-0.2, -0.15) is 0 Å². The fraction of sp³-hybridized carbons (Fsp3) is 0.760. The molecule has 5 nitrogen and oxygen atoms in total. The third-order valence-corrected chi connectivity index (χ3v) is 9.34. The van der Waals surface area contributed by atoms with Crippen LogP contribution >= 0.6 is 0 Å². The number of hydrogen-bond donors (Lipinski definition) is 1. The molecule has 4 aliphatic carbocycles. The maximum absolute atomic E-state index is 13.1. The van der Waals surface area contributed by atoms with E-state index < -0.39 is 17.1 Å². The van der Waals surface area contributed by atoms with Gasteiger partial charge in [0.15, 0.2) is 23.5 Å². The smallest absolute Gasteiger partial charge is 0.178 e. The molecular weight excluding hydrogens is 380 g/mol. The molecule has 1 heterocycles. The predicted octanol–water partition coefficient (Wildman–Crippen LogP) is 3.74. The molecule has 5 heteroatoms. The van der Waals surface area contributed by atoms with Crippen LogP contribution < -0.4 is 0 Å². The van der Waals surface area contributed by atoms with E-state index in [4.69, 9.17) is 9.47 Å². The highest BCUT2D eigenvalue weighted by Gasteiger charge is 2.75. The molecule has 1 aliphatic heterocycles. The predicted molar refractivity (Wildman–Crippen MR) is 111 cm³/mol. The number of fused-ring (bicyclic) bond motifs is 7. The van der Waals surface area contributed by atoms with E-state index in [1.165, 1.54) is 0 Å². The Balaban J connectivity index is 1.55. The summed E-state index contributed by atoms with van der Waals surface area (Å²) in [4.78, 5) is 25.1.